The van der Waals surface area contributed by atoms with E-state index in [-0.39, 0.29) is 0 Å². The van der Waals surface area contributed by atoms with Crippen LogP contribution in [0.4, 0.5) is 11.8 Å². The lowest BCUT2D eigenvalue weighted by Crippen LogP contribution is -2.24. The predicted octanol–water partition coefficient (Wildman–Crippen LogP) is 1.54. The third-order valence-corrected chi connectivity index (χ3v) is 2.33. The van der Waals surface area contributed by atoms with Gasteiger partial charge in [0.2, 0.25) is 5.95 Å². The van der Waals surface area contributed by atoms with E-state index in [0.29, 0.717) is 11.9 Å². The summed E-state index contributed by atoms with van der Waals surface area (Å²) in [4.78, 5) is 10.1. The first-order chi connectivity index (χ1) is 6.63. The van der Waals surface area contributed by atoms with Gasteiger partial charge in [-0.25, -0.2) is 4.98 Å². The zero-order valence-corrected chi connectivity index (χ0v) is 9.07. The molecule has 78 valence electrons. The van der Waals surface area contributed by atoms with E-state index in [9.17, 15) is 0 Å². The summed E-state index contributed by atoms with van der Waals surface area (Å²) in [6, 6.07) is 1.87. The second kappa shape index (κ2) is 4.79. The average Bonchev–Trinajstić information content (AvgIpc) is 2.17. The third-order valence-electron chi connectivity index (χ3n) is 2.33. The molecule has 0 aliphatic heterocycles. The van der Waals surface area contributed by atoms with Gasteiger partial charge in [0.25, 0.3) is 0 Å². The summed E-state index contributed by atoms with van der Waals surface area (Å²) in [5.41, 5.74) is 5.51. The third kappa shape index (κ3) is 2.87. The number of nitrogens with two attached hydrogens (primary N) is 1. The van der Waals surface area contributed by atoms with Crippen LogP contribution in [0.5, 0.6) is 0 Å². The number of aromatic nitrogens is 2. The first kappa shape index (κ1) is 10.8. The van der Waals surface area contributed by atoms with Gasteiger partial charge in [-0.05, 0) is 12.0 Å². The molecule has 0 radical (unpaired) electrons. The molecule has 1 rings (SSSR count). The van der Waals surface area contributed by atoms with E-state index < -0.39 is 0 Å². The minimum atomic E-state index is 0.332. The normalized spacial score (nSPS) is 12.5. The van der Waals surface area contributed by atoms with Crippen molar-refractivity contribution in [3.63, 3.8) is 0 Å². The van der Waals surface area contributed by atoms with E-state index in [2.05, 4.69) is 28.7 Å². The van der Waals surface area contributed by atoms with Crippen LogP contribution < -0.4 is 10.6 Å². The number of rotatable bonds is 4. The molecule has 0 amide bonds. The van der Waals surface area contributed by atoms with Crippen LogP contribution in [0.2, 0.25) is 0 Å². The first-order valence-electron chi connectivity index (χ1n) is 4.93. The van der Waals surface area contributed by atoms with E-state index in [1.165, 1.54) is 6.42 Å². The molecule has 1 aromatic rings. The molecule has 0 aliphatic rings. The van der Waals surface area contributed by atoms with Crippen molar-refractivity contribution in [2.75, 3.05) is 24.2 Å². The zero-order valence-electron chi connectivity index (χ0n) is 9.07. The molecule has 1 aromatic heterocycles. The molecule has 4 heteroatoms. The fourth-order valence-corrected chi connectivity index (χ4v) is 1.27. The molecule has 0 bridgehead atoms. The lowest BCUT2D eigenvalue weighted by molar-refractivity contribution is 0.557. The molecule has 1 heterocycles. The summed E-state index contributed by atoms with van der Waals surface area (Å²) >= 11 is 0. The molecule has 2 N–H and O–H groups in total. The Hall–Kier alpha value is -1.32. The molecular weight excluding hydrogens is 176 g/mol. The summed E-state index contributed by atoms with van der Waals surface area (Å²) in [5.74, 6) is 1.88. The fourth-order valence-electron chi connectivity index (χ4n) is 1.27. The number of nitrogen functional groups attached to an aromatic ring is 1. The van der Waals surface area contributed by atoms with Crippen molar-refractivity contribution in [1.29, 1.82) is 0 Å². The van der Waals surface area contributed by atoms with Crippen molar-refractivity contribution < 1.29 is 0 Å². The smallest absolute Gasteiger partial charge is 0.221 e. The first-order valence-corrected chi connectivity index (χ1v) is 4.93. The van der Waals surface area contributed by atoms with Crippen LogP contribution in [0.15, 0.2) is 12.3 Å². The minimum Gasteiger partial charge on any atom is -0.368 e. The Morgan fingerprint density at radius 1 is 1.57 bits per heavy atom. The largest absolute Gasteiger partial charge is 0.368 e. The van der Waals surface area contributed by atoms with Gasteiger partial charge in [0.05, 0.1) is 0 Å². The Kier molecular flexibility index (Phi) is 3.68. The maximum absolute atomic E-state index is 5.51. The van der Waals surface area contributed by atoms with Crippen LogP contribution in [-0.2, 0) is 0 Å². The quantitative estimate of drug-likeness (QED) is 0.790. The molecule has 0 aromatic carbocycles. The van der Waals surface area contributed by atoms with Gasteiger partial charge >= 0.3 is 0 Å². The molecule has 0 aliphatic carbocycles. The van der Waals surface area contributed by atoms with E-state index >= 15 is 0 Å². The zero-order chi connectivity index (χ0) is 10.6. The van der Waals surface area contributed by atoms with Gasteiger partial charge in [0.1, 0.15) is 5.82 Å². The van der Waals surface area contributed by atoms with Crippen LogP contribution in [0.3, 0.4) is 0 Å². The Morgan fingerprint density at radius 3 is 2.86 bits per heavy atom. The summed E-state index contributed by atoms with van der Waals surface area (Å²) < 4.78 is 0. The predicted molar refractivity (Wildman–Crippen MR) is 59.2 cm³/mol. The summed E-state index contributed by atoms with van der Waals surface area (Å²) in [5, 5.41) is 0. The molecular formula is C10H18N4. The Bertz CT molecular complexity index is 287. The lowest BCUT2D eigenvalue weighted by Gasteiger charge is -2.21. The fraction of sp³-hybridized carbons (Fsp3) is 0.600. The van der Waals surface area contributed by atoms with Gasteiger partial charge in [0, 0.05) is 19.8 Å². The second-order valence-corrected chi connectivity index (χ2v) is 3.67. The van der Waals surface area contributed by atoms with Crippen molar-refractivity contribution in [2.24, 2.45) is 5.92 Å². The molecule has 0 fully saturated rings. The number of anilines is 2. The van der Waals surface area contributed by atoms with Crippen LogP contribution >= 0.6 is 0 Å². The van der Waals surface area contributed by atoms with Gasteiger partial charge in [0.15, 0.2) is 0 Å². The van der Waals surface area contributed by atoms with Gasteiger partial charge < -0.3 is 10.6 Å². The summed E-state index contributed by atoms with van der Waals surface area (Å²) in [6.45, 7) is 5.40. The van der Waals surface area contributed by atoms with E-state index in [4.69, 9.17) is 5.73 Å². The molecule has 1 unspecified atom stereocenters. The Balaban J connectivity index is 2.64. The highest BCUT2D eigenvalue weighted by Crippen LogP contribution is 2.11. The second-order valence-electron chi connectivity index (χ2n) is 3.67. The van der Waals surface area contributed by atoms with Crippen molar-refractivity contribution >= 4 is 11.8 Å². The number of nitrogens with zero attached hydrogens (tertiary/aromatic N) is 3. The molecule has 4 nitrogen and oxygen atoms in total. The highest BCUT2D eigenvalue weighted by molar-refractivity contribution is 5.39. The maximum atomic E-state index is 5.51. The van der Waals surface area contributed by atoms with Crippen molar-refractivity contribution in [2.45, 2.75) is 20.3 Å². The SMILES string of the molecule is CCC(C)CN(C)c1ccnc(N)n1. The minimum absolute atomic E-state index is 0.332. The highest BCUT2D eigenvalue weighted by atomic mass is 15.2. The van der Waals surface area contributed by atoms with E-state index in [0.717, 1.165) is 12.4 Å². The molecule has 14 heavy (non-hydrogen) atoms. The topological polar surface area (TPSA) is 55.0 Å². The van der Waals surface area contributed by atoms with E-state index in [1.54, 1.807) is 6.20 Å². The highest BCUT2D eigenvalue weighted by Gasteiger charge is 2.06. The standard InChI is InChI=1S/C10H18N4/c1-4-8(2)7-14(3)9-5-6-12-10(11)13-9/h5-6,8H,4,7H2,1-3H3,(H2,11,12,13). The Morgan fingerprint density at radius 2 is 2.29 bits per heavy atom. The van der Waals surface area contributed by atoms with Gasteiger partial charge in [-0.15, -0.1) is 0 Å². The Labute approximate surface area is 85.2 Å². The van der Waals surface area contributed by atoms with Crippen LogP contribution in [0.25, 0.3) is 0 Å². The van der Waals surface area contributed by atoms with Gasteiger partial charge in [-0.3, -0.25) is 0 Å². The van der Waals surface area contributed by atoms with Gasteiger partial charge in [-0.1, -0.05) is 20.3 Å². The van der Waals surface area contributed by atoms with Crippen molar-refractivity contribution in [3.8, 4) is 0 Å². The summed E-state index contributed by atoms with van der Waals surface area (Å²) in [7, 11) is 2.02. The van der Waals surface area contributed by atoms with Gasteiger partial charge in [-0.2, -0.15) is 4.98 Å². The average molecular weight is 194 g/mol. The molecule has 0 saturated carbocycles. The van der Waals surface area contributed by atoms with Crippen LogP contribution in [0, 0.1) is 5.92 Å². The molecule has 1 atom stereocenters. The van der Waals surface area contributed by atoms with Crippen molar-refractivity contribution in [1.82, 2.24) is 9.97 Å². The van der Waals surface area contributed by atoms with Crippen molar-refractivity contribution in [3.05, 3.63) is 12.3 Å². The number of hydrogen-bond acceptors (Lipinski definition) is 4. The number of hydrogen-bond donors (Lipinski definition) is 1. The van der Waals surface area contributed by atoms with E-state index in [1.807, 2.05) is 13.1 Å². The lowest BCUT2D eigenvalue weighted by atomic mass is 10.1. The molecule has 0 spiro atoms. The molecule has 0 saturated heterocycles. The van der Waals surface area contributed by atoms with Crippen LogP contribution in [0.1, 0.15) is 20.3 Å². The maximum Gasteiger partial charge on any atom is 0.221 e. The monoisotopic (exact) mass is 194 g/mol. The summed E-state index contributed by atoms with van der Waals surface area (Å²) in [6.07, 6.45) is 2.86. The van der Waals surface area contributed by atoms with Crippen LogP contribution in [-0.4, -0.2) is 23.6 Å².